The van der Waals surface area contributed by atoms with E-state index in [1.165, 1.54) is 11.8 Å². The number of nitrogens with zero attached hydrogens (tertiary/aromatic N) is 3. The van der Waals surface area contributed by atoms with Crippen molar-refractivity contribution in [1.29, 1.82) is 0 Å². The third kappa shape index (κ3) is 5.96. The number of hydrogen-bond donors (Lipinski definition) is 2. The van der Waals surface area contributed by atoms with E-state index in [-0.39, 0.29) is 18.3 Å². The van der Waals surface area contributed by atoms with E-state index in [0.29, 0.717) is 34.2 Å². The van der Waals surface area contributed by atoms with Crippen LogP contribution >= 0.6 is 47.4 Å². The van der Waals surface area contributed by atoms with Crippen molar-refractivity contribution in [1.82, 2.24) is 20.2 Å². The Hall–Kier alpha value is -1.61. The first-order chi connectivity index (χ1) is 16.0. The van der Waals surface area contributed by atoms with Crippen LogP contribution in [0.4, 0.5) is 5.82 Å². The average Bonchev–Trinajstić information content (AvgIpc) is 2.82. The minimum Gasteiger partial charge on any atom is -0.309 e. The molecule has 1 aromatic carbocycles. The van der Waals surface area contributed by atoms with Crippen molar-refractivity contribution >= 4 is 70.0 Å². The third-order valence-electron chi connectivity index (χ3n) is 6.26. The molecule has 180 valence electrons. The van der Waals surface area contributed by atoms with Crippen molar-refractivity contribution in [2.75, 3.05) is 30.7 Å². The van der Waals surface area contributed by atoms with Gasteiger partial charge in [0.25, 0.3) is 0 Å². The molecule has 0 bridgehead atoms. The number of pyridine rings is 2. The summed E-state index contributed by atoms with van der Waals surface area (Å²) in [6, 6.07) is 10.3. The number of nitrogens with one attached hydrogen (secondary N) is 2. The van der Waals surface area contributed by atoms with Crippen LogP contribution in [0.3, 0.4) is 0 Å². The van der Waals surface area contributed by atoms with Crippen LogP contribution in [0.2, 0.25) is 10.0 Å². The van der Waals surface area contributed by atoms with Gasteiger partial charge in [0, 0.05) is 35.7 Å². The summed E-state index contributed by atoms with van der Waals surface area (Å²) in [5, 5.41) is 8.95. The normalized spacial score (nSPS) is 16.7. The molecule has 4 heterocycles. The highest BCUT2D eigenvalue weighted by Crippen LogP contribution is 2.30. The maximum absolute atomic E-state index is 11.6. The number of aromatic nitrogens is 2. The molecule has 0 unspecified atom stereocenters. The quantitative estimate of drug-likeness (QED) is 0.450. The van der Waals surface area contributed by atoms with E-state index >= 15 is 0 Å². The van der Waals surface area contributed by atoms with Gasteiger partial charge >= 0.3 is 0 Å². The maximum Gasteiger partial charge on any atom is 0.235 e. The Balaban J connectivity index is 0.00000274. The largest absolute Gasteiger partial charge is 0.309 e. The first-order valence-electron chi connectivity index (χ1n) is 11.2. The zero-order chi connectivity index (χ0) is 22.8. The van der Waals surface area contributed by atoms with Crippen molar-refractivity contribution in [2.24, 2.45) is 0 Å². The number of rotatable bonds is 6. The van der Waals surface area contributed by atoms with Gasteiger partial charge < -0.3 is 15.5 Å². The fourth-order valence-corrected chi connectivity index (χ4v) is 5.61. The third-order valence-corrected chi connectivity index (χ3v) is 7.87. The highest BCUT2D eigenvalue weighted by Gasteiger charge is 2.21. The predicted molar refractivity (Wildman–Crippen MR) is 143 cm³/mol. The highest BCUT2D eigenvalue weighted by molar-refractivity contribution is 8.00. The van der Waals surface area contributed by atoms with Crippen LogP contribution in [0.25, 0.3) is 10.9 Å². The number of carbonyl (C=O) groups is 1. The van der Waals surface area contributed by atoms with Crippen LogP contribution in [-0.2, 0) is 17.8 Å². The number of thioether (sulfide) groups is 1. The summed E-state index contributed by atoms with van der Waals surface area (Å²) in [6.45, 7) is 3.76. The lowest BCUT2D eigenvalue weighted by atomic mass is 10.0. The van der Waals surface area contributed by atoms with Gasteiger partial charge in [-0.1, -0.05) is 23.2 Å². The van der Waals surface area contributed by atoms with Crippen molar-refractivity contribution in [2.45, 2.75) is 36.7 Å². The summed E-state index contributed by atoms with van der Waals surface area (Å²) >= 11 is 14.2. The Kier molecular flexibility index (Phi) is 8.56. The highest BCUT2D eigenvalue weighted by atomic mass is 35.5. The minimum atomic E-state index is 0. The molecular formula is C24H26Cl3N5OS. The molecule has 2 aliphatic heterocycles. The molecule has 0 radical (unpaired) electrons. The molecule has 6 nitrogen and oxygen atoms in total. The summed E-state index contributed by atoms with van der Waals surface area (Å²) in [6.07, 6.45) is 4.80. The van der Waals surface area contributed by atoms with E-state index in [1.54, 1.807) is 6.20 Å². The summed E-state index contributed by atoms with van der Waals surface area (Å²) in [5.41, 5.74) is 3.00. The van der Waals surface area contributed by atoms with Crippen LogP contribution in [0.1, 0.15) is 24.1 Å². The standard InChI is InChI=1S/C24H25Cl2N5OS.ClH/c25-15-1-3-21-19(11-15)18(20(26)13-28-21)7-10-31-8-5-16(6-9-31)27-12-17-2-4-22-24(29-17)30-23(32)14-33-22;/h1-4,11,13,16,27H,5-10,12,14H2,(H,29,30,32);1H. The van der Waals surface area contributed by atoms with E-state index in [4.69, 9.17) is 23.2 Å². The van der Waals surface area contributed by atoms with Gasteiger partial charge in [0.2, 0.25) is 5.91 Å². The molecule has 2 aromatic heterocycles. The zero-order valence-electron chi connectivity index (χ0n) is 18.5. The number of hydrogen-bond acceptors (Lipinski definition) is 6. The van der Waals surface area contributed by atoms with E-state index in [2.05, 4.69) is 25.5 Å². The Morgan fingerprint density at radius 3 is 2.82 bits per heavy atom. The number of fused-ring (bicyclic) bond motifs is 2. The Bertz CT molecular complexity index is 1180. The van der Waals surface area contributed by atoms with Crippen molar-refractivity contribution in [3.05, 3.63) is 57.8 Å². The molecule has 0 atom stereocenters. The van der Waals surface area contributed by atoms with E-state index in [0.717, 1.165) is 66.0 Å². The number of amides is 1. The number of carbonyl (C=O) groups excluding carboxylic acids is 1. The summed E-state index contributed by atoms with van der Waals surface area (Å²) in [4.78, 5) is 24.2. The number of piperidine rings is 1. The second-order valence-corrected chi connectivity index (χ2v) is 10.3. The van der Waals surface area contributed by atoms with Gasteiger partial charge in [0.15, 0.2) is 0 Å². The summed E-state index contributed by atoms with van der Waals surface area (Å²) in [5.74, 6) is 1.16. The number of likely N-dealkylation sites (tertiary alicyclic amines) is 1. The SMILES string of the molecule is Cl.O=C1CSc2ccc(CNC3CCN(CCc4c(Cl)cnc5ccc(Cl)cc45)CC3)nc2N1. The van der Waals surface area contributed by atoms with Crippen LogP contribution in [0.15, 0.2) is 41.4 Å². The van der Waals surface area contributed by atoms with Crippen LogP contribution in [0.5, 0.6) is 0 Å². The molecule has 0 spiro atoms. The summed E-state index contributed by atoms with van der Waals surface area (Å²) in [7, 11) is 0. The van der Waals surface area contributed by atoms with Crippen LogP contribution in [-0.4, -0.2) is 52.2 Å². The molecule has 3 aromatic rings. The number of halogens is 3. The maximum atomic E-state index is 11.6. The van der Waals surface area contributed by atoms with Gasteiger partial charge in [0.1, 0.15) is 5.82 Å². The van der Waals surface area contributed by atoms with E-state index in [1.807, 2.05) is 30.3 Å². The van der Waals surface area contributed by atoms with Gasteiger partial charge in [-0.05, 0) is 68.2 Å². The van der Waals surface area contributed by atoms with Gasteiger partial charge in [-0.25, -0.2) is 4.98 Å². The van der Waals surface area contributed by atoms with Crippen LogP contribution in [0, 0.1) is 0 Å². The number of anilines is 1. The smallest absolute Gasteiger partial charge is 0.235 e. The fraction of sp³-hybridized carbons (Fsp3) is 0.375. The lowest BCUT2D eigenvalue weighted by Crippen LogP contribution is -2.43. The molecule has 0 saturated carbocycles. The first kappa shape index (κ1) is 25.5. The van der Waals surface area contributed by atoms with Gasteiger partial charge in [-0.15, -0.1) is 24.2 Å². The monoisotopic (exact) mass is 537 g/mol. The molecule has 1 saturated heterocycles. The Labute approximate surface area is 219 Å². The summed E-state index contributed by atoms with van der Waals surface area (Å²) < 4.78 is 0. The lowest BCUT2D eigenvalue weighted by molar-refractivity contribution is -0.113. The van der Waals surface area contributed by atoms with Crippen molar-refractivity contribution in [3.63, 3.8) is 0 Å². The second kappa shape index (κ2) is 11.4. The van der Waals surface area contributed by atoms with Gasteiger partial charge in [-0.3, -0.25) is 9.78 Å². The van der Waals surface area contributed by atoms with Gasteiger partial charge in [-0.2, -0.15) is 0 Å². The zero-order valence-corrected chi connectivity index (χ0v) is 21.7. The lowest BCUT2D eigenvalue weighted by Gasteiger charge is -2.32. The minimum absolute atomic E-state index is 0. The molecule has 10 heteroatoms. The van der Waals surface area contributed by atoms with E-state index in [9.17, 15) is 4.79 Å². The molecule has 2 N–H and O–H groups in total. The molecule has 1 fully saturated rings. The Morgan fingerprint density at radius 2 is 2.00 bits per heavy atom. The fourth-order valence-electron chi connectivity index (χ4n) is 4.43. The molecule has 0 aliphatic carbocycles. The second-order valence-electron chi connectivity index (χ2n) is 8.48. The van der Waals surface area contributed by atoms with Crippen molar-refractivity contribution in [3.8, 4) is 0 Å². The number of benzene rings is 1. The van der Waals surface area contributed by atoms with E-state index < -0.39 is 0 Å². The Morgan fingerprint density at radius 1 is 1.18 bits per heavy atom. The van der Waals surface area contributed by atoms with Crippen molar-refractivity contribution < 1.29 is 4.79 Å². The van der Waals surface area contributed by atoms with Crippen LogP contribution < -0.4 is 10.6 Å². The molecule has 1 amide bonds. The van der Waals surface area contributed by atoms with Gasteiger partial charge in [0.05, 0.1) is 26.9 Å². The topological polar surface area (TPSA) is 70.2 Å². The molecular weight excluding hydrogens is 513 g/mol. The predicted octanol–water partition coefficient (Wildman–Crippen LogP) is 5.20. The first-order valence-corrected chi connectivity index (χ1v) is 12.9. The average molecular weight is 539 g/mol. The molecule has 2 aliphatic rings. The molecule has 5 rings (SSSR count). The molecule has 34 heavy (non-hydrogen) atoms.